The first-order valence-corrected chi connectivity index (χ1v) is 10.4. The molecule has 0 aliphatic carbocycles. The molecule has 0 aromatic heterocycles. The second-order valence-corrected chi connectivity index (χ2v) is 8.76. The van der Waals surface area contributed by atoms with Gasteiger partial charge in [0.05, 0.1) is 12.8 Å². The Labute approximate surface area is 144 Å². The number of hydrogen-bond donors (Lipinski definition) is 2. The van der Waals surface area contributed by atoms with E-state index in [0.717, 1.165) is 17.8 Å². The van der Waals surface area contributed by atoms with Crippen molar-refractivity contribution in [1.29, 1.82) is 0 Å². The normalized spacial score (nSPS) is 13.7. The van der Waals surface area contributed by atoms with Crippen molar-refractivity contribution in [1.82, 2.24) is 5.43 Å². The van der Waals surface area contributed by atoms with Crippen LogP contribution in [0.4, 0.5) is 4.79 Å². The zero-order valence-electron chi connectivity index (χ0n) is 12.8. The van der Waals surface area contributed by atoms with Crippen LogP contribution in [-0.4, -0.2) is 24.6 Å². The fourth-order valence-electron chi connectivity index (χ4n) is 1.44. The van der Waals surface area contributed by atoms with Crippen molar-refractivity contribution in [2.24, 2.45) is 10.8 Å². The molecule has 23 heavy (non-hydrogen) atoms. The summed E-state index contributed by atoms with van der Waals surface area (Å²) in [4.78, 5) is 10.6. The average molecular weight is 380 g/mol. The van der Waals surface area contributed by atoms with Crippen molar-refractivity contribution in [3.05, 3.63) is 28.8 Å². The Kier molecular flexibility index (Phi) is 8.47. The number of benzene rings is 1. The molecule has 0 radical (unpaired) electrons. The van der Waals surface area contributed by atoms with E-state index in [1.165, 1.54) is 6.21 Å². The SMILES string of the molecule is CCCSP(=O)(OCC)Oc1ccc(Cl)cc1C=NNC(N)=O. The third kappa shape index (κ3) is 7.26. The number of amides is 2. The van der Waals surface area contributed by atoms with Crippen LogP contribution in [0.1, 0.15) is 25.8 Å². The molecule has 1 rings (SSSR count). The van der Waals surface area contributed by atoms with Crippen LogP contribution in [0.2, 0.25) is 5.02 Å². The Morgan fingerprint density at radius 3 is 2.87 bits per heavy atom. The maximum absolute atomic E-state index is 12.7. The van der Waals surface area contributed by atoms with E-state index in [0.29, 0.717) is 16.3 Å². The number of carbonyl (C=O) groups excluding carboxylic acids is 1. The van der Waals surface area contributed by atoms with Crippen molar-refractivity contribution in [2.75, 3.05) is 12.4 Å². The van der Waals surface area contributed by atoms with Crippen LogP contribution in [0.3, 0.4) is 0 Å². The highest BCUT2D eigenvalue weighted by atomic mass is 35.5. The summed E-state index contributed by atoms with van der Waals surface area (Å²) in [6.07, 6.45) is 2.13. The van der Waals surface area contributed by atoms with Gasteiger partial charge in [-0.1, -0.05) is 18.5 Å². The van der Waals surface area contributed by atoms with E-state index in [1.54, 1.807) is 25.1 Å². The number of nitrogens with one attached hydrogen (secondary N) is 1. The van der Waals surface area contributed by atoms with Crippen LogP contribution in [0.5, 0.6) is 5.75 Å². The van der Waals surface area contributed by atoms with Crippen molar-refractivity contribution in [2.45, 2.75) is 20.3 Å². The standard InChI is InChI=1S/C13H19ClN3O4PS/c1-3-7-23-22(19,20-4-2)21-12-6-5-11(14)8-10(12)9-16-17-13(15)18/h5-6,8-9H,3-4,7H2,1-2H3,(H3,15,17,18). The van der Waals surface area contributed by atoms with Crippen molar-refractivity contribution >= 4 is 42.0 Å². The largest absolute Gasteiger partial charge is 0.440 e. The molecule has 0 fully saturated rings. The quantitative estimate of drug-likeness (QED) is 0.383. The van der Waals surface area contributed by atoms with Gasteiger partial charge in [-0.15, -0.1) is 0 Å². The van der Waals surface area contributed by atoms with Crippen molar-refractivity contribution < 1.29 is 18.4 Å². The minimum Gasteiger partial charge on any atom is -0.416 e. The summed E-state index contributed by atoms with van der Waals surface area (Å²) in [7, 11) is 0. The van der Waals surface area contributed by atoms with E-state index in [4.69, 9.17) is 26.4 Å². The zero-order chi connectivity index (χ0) is 17.3. The van der Waals surface area contributed by atoms with Gasteiger partial charge in [0.15, 0.2) is 0 Å². The summed E-state index contributed by atoms with van der Waals surface area (Å²) in [6, 6.07) is 3.91. The predicted octanol–water partition coefficient (Wildman–Crippen LogP) is 4.01. The summed E-state index contributed by atoms with van der Waals surface area (Å²) in [5.41, 5.74) is 7.43. The van der Waals surface area contributed by atoms with Gasteiger partial charge in [-0.05, 0) is 42.9 Å². The molecule has 1 atom stereocenters. The number of hydrogen-bond acceptors (Lipinski definition) is 6. The average Bonchev–Trinajstić information content (AvgIpc) is 2.48. The second kappa shape index (κ2) is 9.82. The number of halogens is 1. The molecule has 2 amide bonds. The van der Waals surface area contributed by atoms with Gasteiger partial charge >= 0.3 is 12.8 Å². The highest BCUT2D eigenvalue weighted by molar-refractivity contribution is 8.55. The summed E-state index contributed by atoms with van der Waals surface area (Å²) in [5.74, 6) is 0.919. The lowest BCUT2D eigenvalue weighted by Gasteiger charge is -2.18. The molecular weight excluding hydrogens is 361 g/mol. The Bertz CT molecular complexity index is 615. The first-order chi connectivity index (χ1) is 10.9. The number of rotatable bonds is 9. The van der Waals surface area contributed by atoms with E-state index in [9.17, 15) is 9.36 Å². The molecule has 0 bridgehead atoms. The number of urea groups is 1. The van der Waals surface area contributed by atoms with Crippen LogP contribution >= 0.6 is 29.8 Å². The van der Waals surface area contributed by atoms with Crippen LogP contribution in [-0.2, 0) is 9.09 Å². The lowest BCUT2D eigenvalue weighted by molar-refractivity contribution is 0.249. The van der Waals surface area contributed by atoms with E-state index in [-0.39, 0.29) is 12.4 Å². The zero-order valence-corrected chi connectivity index (χ0v) is 15.3. The van der Waals surface area contributed by atoms with Crippen molar-refractivity contribution in [3.8, 4) is 5.75 Å². The van der Waals surface area contributed by atoms with Gasteiger partial charge in [0.1, 0.15) is 5.75 Å². The molecule has 1 aromatic carbocycles. The molecule has 128 valence electrons. The molecule has 0 aliphatic heterocycles. The molecule has 7 nitrogen and oxygen atoms in total. The van der Waals surface area contributed by atoms with E-state index >= 15 is 0 Å². The minimum absolute atomic E-state index is 0.258. The van der Waals surface area contributed by atoms with Gasteiger partial charge in [-0.3, -0.25) is 4.52 Å². The smallest absolute Gasteiger partial charge is 0.416 e. The Balaban J connectivity index is 3.02. The maximum atomic E-state index is 12.7. The number of nitrogens with zero attached hydrogens (tertiary/aromatic N) is 1. The van der Waals surface area contributed by atoms with E-state index in [2.05, 4.69) is 10.5 Å². The number of hydrazone groups is 1. The van der Waals surface area contributed by atoms with Crippen molar-refractivity contribution in [3.63, 3.8) is 0 Å². The lowest BCUT2D eigenvalue weighted by Crippen LogP contribution is -2.24. The number of carbonyl (C=O) groups is 1. The minimum atomic E-state index is -3.35. The first-order valence-electron chi connectivity index (χ1n) is 6.87. The van der Waals surface area contributed by atoms with E-state index < -0.39 is 12.8 Å². The maximum Gasteiger partial charge on any atom is 0.440 e. The van der Waals surface area contributed by atoms with Gasteiger partial charge in [-0.25, -0.2) is 14.8 Å². The number of primary amides is 1. The molecule has 1 aromatic rings. The van der Waals surface area contributed by atoms with Crippen LogP contribution in [0.15, 0.2) is 23.3 Å². The van der Waals surface area contributed by atoms with E-state index in [1.807, 2.05) is 6.92 Å². The molecule has 10 heteroatoms. The van der Waals surface area contributed by atoms with Crippen LogP contribution in [0, 0.1) is 0 Å². The first kappa shape index (κ1) is 19.8. The summed E-state index contributed by atoms with van der Waals surface area (Å²) < 4.78 is 23.6. The molecule has 0 aliphatic rings. The van der Waals surface area contributed by atoms with Crippen LogP contribution < -0.4 is 15.7 Å². The second-order valence-electron chi connectivity index (χ2n) is 4.21. The third-order valence-corrected chi connectivity index (χ3v) is 6.47. The highest BCUT2D eigenvalue weighted by Crippen LogP contribution is 2.60. The van der Waals surface area contributed by atoms with Gasteiger partial charge in [0.25, 0.3) is 0 Å². The highest BCUT2D eigenvalue weighted by Gasteiger charge is 2.27. The Morgan fingerprint density at radius 2 is 2.26 bits per heavy atom. The Morgan fingerprint density at radius 1 is 1.52 bits per heavy atom. The van der Waals surface area contributed by atoms with Gasteiger partial charge in [0, 0.05) is 16.3 Å². The molecule has 3 N–H and O–H groups in total. The molecule has 0 saturated carbocycles. The topological polar surface area (TPSA) is 103 Å². The fourth-order valence-corrected chi connectivity index (χ4v) is 5.09. The lowest BCUT2D eigenvalue weighted by atomic mass is 10.2. The molecule has 1 unspecified atom stereocenters. The summed E-state index contributed by atoms with van der Waals surface area (Å²) in [6.45, 7) is 0.618. The molecular formula is C13H19ClN3O4PS. The summed E-state index contributed by atoms with van der Waals surface area (Å²) >= 11 is 7.07. The third-order valence-electron chi connectivity index (χ3n) is 2.30. The number of nitrogens with two attached hydrogens (primary N) is 1. The Hall–Kier alpha value is -1.21. The predicted molar refractivity (Wildman–Crippen MR) is 94.4 cm³/mol. The van der Waals surface area contributed by atoms with Gasteiger partial charge < -0.3 is 10.3 Å². The summed E-state index contributed by atoms with van der Waals surface area (Å²) in [5, 5.41) is 4.09. The van der Waals surface area contributed by atoms with Crippen LogP contribution in [0.25, 0.3) is 0 Å². The van der Waals surface area contributed by atoms with Gasteiger partial charge in [0.2, 0.25) is 0 Å². The fraction of sp³-hybridized carbons (Fsp3) is 0.385. The monoisotopic (exact) mass is 379 g/mol. The molecule has 0 spiro atoms. The van der Waals surface area contributed by atoms with Gasteiger partial charge in [-0.2, -0.15) is 5.10 Å². The molecule has 0 saturated heterocycles. The molecule has 0 heterocycles.